The van der Waals surface area contributed by atoms with Crippen LogP contribution in [-0.2, 0) is 4.74 Å². The summed E-state index contributed by atoms with van der Waals surface area (Å²) in [5.74, 6) is -3.45. The van der Waals surface area contributed by atoms with E-state index < -0.39 is 18.2 Å². The van der Waals surface area contributed by atoms with Crippen LogP contribution in [0.3, 0.4) is 0 Å². The van der Waals surface area contributed by atoms with Crippen molar-refractivity contribution in [3.63, 3.8) is 0 Å². The molecule has 1 N–H and O–H groups in total. The molecular formula is C15H16F3NO4. The van der Waals surface area contributed by atoms with E-state index in [1.165, 1.54) is 24.3 Å². The smallest absolute Gasteiger partial charge is 0.446 e. The van der Waals surface area contributed by atoms with Crippen LogP contribution in [0.2, 0.25) is 0 Å². The zero-order chi connectivity index (χ0) is 16.5. The summed E-state index contributed by atoms with van der Waals surface area (Å²) < 4.78 is 55.0. The molecule has 3 rings (SSSR count). The van der Waals surface area contributed by atoms with Gasteiger partial charge in [-0.2, -0.15) is 13.2 Å². The monoisotopic (exact) mass is 331 g/mol. The fraction of sp³-hybridized carbons (Fsp3) is 0.533. The van der Waals surface area contributed by atoms with Crippen LogP contribution in [0.15, 0.2) is 24.3 Å². The molecule has 0 aromatic heterocycles. The van der Waals surface area contributed by atoms with Gasteiger partial charge in [0.15, 0.2) is 11.5 Å². The molecule has 1 amide bonds. The first-order valence-electron chi connectivity index (χ1n) is 7.42. The Kier molecular flexibility index (Phi) is 3.99. The number of benzene rings is 1. The van der Waals surface area contributed by atoms with Crippen LogP contribution in [0.1, 0.15) is 32.1 Å². The van der Waals surface area contributed by atoms with Crippen LogP contribution >= 0.6 is 0 Å². The number of alkyl halides is 3. The molecule has 0 atom stereocenters. The lowest BCUT2D eigenvalue weighted by Crippen LogP contribution is -2.65. The van der Waals surface area contributed by atoms with Crippen molar-refractivity contribution in [1.82, 2.24) is 5.32 Å². The Morgan fingerprint density at radius 2 is 1.70 bits per heavy atom. The van der Waals surface area contributed by atoms with Crippen molar-refractivity contribution in [2.24, 2.45) is 0 Å². The molecular weight excluding hydrogens is 315 g/mol. The molecule has 1 saturated carbocycles. The molecule has 1 aliphatic heterocycles. The second-order valence-electron chi connectivity index (χ2n) is 5.56. The lowest BCUT2D eigenvalue weighted by atomic mass is 9.98. The first-order valence-corrected chi connectivity index (χ1v) is 7.42. The van der Waals surface area contributed by atoms with Crippen LogP contribution in [0.5, 0.6) is 11.5 Å². The summed E-state index contributed by atoms with van der Waals surface area (Å²) in [6.45, 7) is 0. The van der Waals surface area contributed by atoms with Crippen molar-refractivity contribution in [1.29, 1.82) is 0 Å². The molecule has 5 nitrogen and oxygen atoms in total. The Balaban J connectivity index is 1.72. The van der Waals surface area contributed by atoms with E-state index in [0.29, 0.717) is 12.8 Å². The highest BCUT2D eigenvalue weighted by Crippen LogP contribution is 2.44. The summed E-state index contributed by atoms with van der Waals surface area (Å²) in [6, 6.07) is 5.68. The number of amides is 1. The average molecular weight is 331 g/mol. The summed E-state index contributed by atoms with van der Waals surface area (Å²) in [7, 11) is 0. The lowest BCUT2D eigenvalue weighted by Gasteiger charge is -2.30. The number of ether oxygens (including phenoxy) is 3. The standard InChI is InChI=1S/C15H16F3NO4/c16-14(17,18)15(22-11-8-4-5-9-12(11)23-15)19-13(20)21-10-6-2-1-3-7-10/h4-5,8-10H,1-3,6-7H2,(H,19,20). The second-order valence-corrected chi connectivity index (χ2v) is 5.56. The van der Waals surface area contributed by atoms with Gasteiger partial charge in [0.05, 0.1) is 0 Å². The lowest BCUT2D eigenvalue weighted by molar-refractivity contribution is -0.319. The first kappa shape index (κ1) is 15.8. The van der Waals surface area contributed by atoms with Crippen LogP contribution in [-0.4, -0.2) is 24.3 Å². The van der Waals surface area contributed by atoms with Crippen molar-refractivity contribution in [3.8, 4) is 11.5 Å². The summed E-state index contributed by atoms with van der Waals surface area (Å²) >= 11 is 0. The van der Waals surface area contributed by atoms with Crippen molar-refractivity contribution < 1.29 is 32.2 Å². The molecule has 23 heavy (non-hydrogen) atoms. The summed E-state index contributed by atoms with van der Waals surface area (Å²) in [6.07, 6.45) is -2.45. The molecule has 1 heterocycles. The van der Waals surface area contributed by atoms with E-state index in [-0.39, 0.29) is 17.6 Å². The maximum atomic E-state index is 13.4. The van der Waals surface area contributed by atoms with E-state index >= 15 is 0 Å². The van der Waals surface area contributed by atoms with Gasteiger partial charge in [0.2, 0.25) is 0 Å². The fourth-order valence-corrected chi connectivity index (χ4v) is 2.69. The molecule has 1 fully saturated rings. The van der Waals surface area contributed by atoms with E-state index in [2.05, 4.69) is 0 Å². The minimum absolute atomic E-state index is 0.0946. The van der Waals surface area contributed by atoms with Gasteiger partial charge >= 0.3 is 18.2 Å². The highest BCUT2D eigenvalue weighted by molar-refractivity contribution is 5.68. The van der Waals surface area contributed by atoms with Crippen LogP contribution in [0, 0.1) is 0 Å². The number of nitrogens with one attached hydrogen (secondary N) is 1. The quantitative estimate of drug-likeness (QED) is 0.897. The molecule has 1 aromatic rings. The van der Waals surface area contributed by atoms with Gasteiger partial charge in [-0.1, -0.05) is 18.6 Å². The van der Waals surface area contributed by atoms with Crippen LogP contribution in [0.25, 0.3) is 0 Å². The molecule has 8 heteroatoms. The van der Waals surface area contributed by atoms with Crippen molar-refractivity contribution >= 4 is 6.09 Å². The van der Waals surface area contributed by atoms with Gasteiger partial charge < -0.3 is 14.2 Å². The molecule has 2 aliphatic rings. The third kappa shape index (κ3) is 3.16. The van der Waals surface area contributed by atoms with Crippen LogP contribution in [0.4, 0.5) is 18.0 Å². The minimum atomic E-state index is -4.97. The van der Waals surface area contributed by atoms with E-state index in [0.717, 1.165) is 19.3 Å². The zero-order valence-electron chi connectivity index (χ0n) is 12.2. The number of hydrogen-bond acceptors (Lipinski definition) is 4. The van der Waals surface area contributed by atoms with Crippen LogP contribution < -0.4 is 14.8 Å². The second kappa shape index (κ2) is 5.82. The number of hydrogen-bond donors (Lipinski definition) is 1. The summed E-state index contributed by atoms with van der Waals surface area (Å²) in [5, 5.41) is 1.70. The Hall–Kier alpha value is -2.12. The number of rotatable bonds is 2. The van der Waals surface area contributed by atoms with Gasteiger partial charge in [0.1, 0.15) is 6.10 Å². The predicted molar refractivity (Wildman–Crippen MR) is 73.0 cm³/mol. The molecule has 0 saturated heterocycles. The topological polar surface area (TPSA) is 56.8 Å². The molecule has 1 aromatic carbocycles. The number of carbonyl (C=O) groups is 1. The van der Waals surface area contributed by atoms with Gasteiger partial charge in [-0.25, -0.2) is 10.1 Å². The molecule has 0 spiro atoms. The highest BCUT2D eigenvalue weighted by atomic mass is 19.4. The van der Waals surface area contributed by atoms with Crippen molar-refractivity contribution in [3.05, 3.63) is 24.3 Å². The fourth-order valence-electron chi connectivity index (χ4n) is 2.69. The Labute approximate surface area is 130 Å². The minimum Gasteiger partial charge on any atom is -0.446 e. The first-order chi connectivity index (χ1) is 10.9. The van der Waals surface area contributed by atoms with E-state index in [9.17, 15) is 18.0 Å². The van der Waals surface area contributed by atoms with Gasteiger partial charge in [0.25, 0.3) is 0 Å². The number of carbonyl (C=O) groups excluding carboxylic acids is 1. The zero-order valence-corrected chi connectivity index (χ0v) is 12.2. The van der Waals surface area contributed by atoms with E-state index in [4.69, 9.17) is 14.2 Å². The maximum absolute atomic E-state index is 13.4. The summed E-state index contributed by atoms with van der Waals surface area (Å²) in [5.41, 5.74) is 0. The largest absolute Gasteiger partial charge is 0.492 e. The maximum Gasteiger partial charge on any atom is 0.492 e. The highest BCUT2D eigenvalue weighted by Gasteiger charge is 2.66. The Morgan fingerprint density at radius 3 is 2.22 bits per heavy atom. The third-order valence-corrected chi connectivity index (χ3v) is 3.82. The summed E-state index contributed by atoms with van der Waals surface area (Å²) in [4.78, 5) is 11.9. The SMILES string of the molecule is O=C(NC1(C(F)(F)F)Oc2ccccc2O1)OC1CCCCC1. The number of halogens is 3. The molecule has 126 valence electrons. The Morgan fingerprint density at radius 1 is 1.13 bits per heavy atom. The van der Waals surface area contributed by atoms with Gasteiger partial charge in [-0.15, -0.1) is 0 Å². The Bertz CT molecular complexity index is 559. The molecule has 0 unspecified atom stereocenters. The van der Waals surface area contributed by atoms with Crippen molar-refractivity contribution in [2.75, 3.05) is 0 Å². The molecule has 1 aliphatic carbocycles. The van der Waals surface area contributed by atoms with E-state index in [1.807, 2.05) is 0 Å². The normalized spacial score (nSPS) is 20.1. The van der Waals surface area contributed by atoms with Crippen molar-refractivity contribution in [2.45, 2.75) is 50.3 Å². The third-order valence-electron chi connectivity index (χ3n) is 3.82. The number of alkyl carbamates (subject to hydrolysis) is 1. The van der Waals surface area contributed by atoms with Gasteiger partial charge in [0, 0.05) is 0 Å². The number of para-hydroxylation sites is 2. The molecule has 0 bridgehead atoms. The molecule has 0 radical (unpaired) electrons. The van der Waals surface area contributed by atoms with Gasteiger partial charge in [-0.3, -0.25) is 0 Å². The predicted octanol–water partition coefficient (Wildman–Crippen LogP) is 3.73. The average Bonchev–Trinajstić information content (AvgIpc) is 2.87. The van der Waals surface area contributed by atoms with Gasteiger partial charge in [-0.05, 0) is 37.8 Å². The number of fused-ring (bicyclic) bond motifs is 1. The van der Waals surface area contributed by atoms with E-state index in [1.54, 1.807) is 5.32 Å².